The fourth-order valence-corrected chi connectivity index (χ4v) is 1.17. The third-order valence-corrected chi connectivity index (χ3v) is 1.83. The van der Waals surface area contributed by atoms with Gasteiger partial charge in [-0.1, -0.05) is 25.9 Å². The topological polar surface area (TPSA) is 63.3 Å². The van der Waals surface area contributed by atoms with E-state index in [4.69, 9.17) is 16.7 Å². The van der Waals surface area contributed by atoms with Crippen LogP contribution in [-0.2, 0) is 5.41 Å². The maximum atomic E-state index is 10.8. The number of carboxylic acid groups (broad SMARTS) is 1. The van der Waals surface area contributed by atoms with E-state index in [9.17, 15) is 4.79 Å². The van der Waals surface area contributed by atoms with Gasteiger partial charge in [-0.15, -0.1) is 0 Å². The molecule has 0 saturated carbocycles. The van der Waals surface area contributed by atoms with Gasteiger partial charge in [0.15, 0.2) is 0 Å². The van der Waals surface area contributed by atoms with Crippen LogP contribution in [-0.4, -0.2) is 16.2 Å². The second kappa shape index (κ2) is 3.03. The molecule has 0 saturated heterocycles. The third kappa shape index (κ3) is 1.83. The summed E-state index contributed by atoms with van der Waals surface area (Å²) in [4.78, 5) is 10.8. The van der Waals surface area contributed by atoms with Crippen LogP contribution < -0.4 is 0 Å². The number of carbonyl (C=O) groups is 1. The molecule has 0 aliphatic carbocycles. The zero-order valence-corrected chi connectivity index (χ0v) is 8.34. The van der Waals surface area contributed by atoms with Crippen LogP contribution in [0.5, 0.6) is 0 Å². The molecule has 0 unspecified atom stereocenters. The molecule has 0 radical (unpaired) electrons. The standard InChI is InChI=1S/C8H10ClNO3/c1-8(2,3)5-4(7(11)12)6(9)13-10-5/h1-3H3,(H,11,12). The van der Waals surface area contributed by atoms with E-state index >= 15 is 0 Å². The van der Waals surface area contributed by atoms with E-state index in [0.29, 0.717) is 5.69 Å². The first-order valence-corrected chi connectivity index (χ1v) is 4.10. The fourth-order valence-electron chi connectivity index (χ4n) is 0.967. The Morgan fingerprint density at radius 1 is 1.54 bits per heavy atom. The average Bonchev–Trinajstić information content (AvgIpc) is 2.28. The van der Waals surface area contributed by atoms with Gasteiger partial charge in [0, 0.05) is 5.41 Å². The molecule has 13 heavy (non-hydrogen) atoms. The highest BCUT2D eigenvalue weighted by Crippen LogP contribution is 2.29. The maximum Gasteiger partial charge on any atom is 0.342 e. The second-order valence-corrected chi connectivity index (χ2v) is 4.08. The predicted octanol–water partition coefficient (Wildman–Crippen LogP) is 2.32. The van der Waals surface area contributed by atoms with Crippen molar-refractivity contribution in [2.24, 2.45) is 0 Å². The number of carboxylic acids is 1. The normalized spacial score (nSPS) is 11.7. The number of rotatable bonds is 1. The molecule has 0 amide bonds. The van der Waals surface area contributed by atoms with Crippen LogP contribution in [0.3, 0.4) is 0 Å². The van der Waals surface area contributed by atoms with Gasteiger partial charge in [-0.2, -0.15) is 0 Å². The van der Waals surface area contributed by atoms with Crippen LogP contribution in [0.4, 0.5) is 0 Å². The molecular weight excluding hydrogens is 194 g/mol. The first kappa shape index (κ1) is 10.1. The van der Waals surface area contributed by atoms with E-state index in [1.807, 2.05) is 20.8 Å². The van der Waals surface area contributed by atoms with Crippen molar-refractivity contribution in [3.05, 3.63) is 16.5 Å². The van der Waals surface area contributed by atoms with Gasteiger partial charge >= 0.3 is 5.97 Å². The zero-order valence-electron chi connectivity index (χ0n) is 7.59. The SMILES string of the molecule is CC(C)(C)c1noc(Cl)c1C(=O)O. The average molecular weight is 204 g/mol. The van der Waals surface area contributed by atoms with Crippen LogP contribution in [0.2, 0.25) is 5.22 Å². The lowest BCUT2D eigenvalue weighted by molar-refractivity contribution is 0.0694. The van der Waals surface area contributed by atoms with Crippen molar-refractivity contribution < 1.29 is 14.4 Å². The molecule has 1 aromatic heterocycles. The summed E-state index contributed by atoms with van der Waals surface area (Å²) in [6.45, 7) is 5.52. The molecule has 0 bridgehead atoms. The fraction of sp³-hybridized carbons (Fsp3) is 0.500. The Balaban J connectivity index is 3.31. The molecule has 5 heteroatoms. The highest BCUT2D eigenvalue weighted by molar-refractivity contribution is 6.31. The molecule has 1 aromatic rings. The Hall–Kier alpha value is -1.03. The van der Waals surface area contributed by atoms with E-state index in [-0.39, 0.29) is 16.2 Å². The second-order valence-electron chi connectivity index (χ2n) is 3.74. The third-order valence-electron chi connectivity index (χ3n) is 1.57. The van der Waals surface area contributed by atoms with Crippen LogP contribution in [0, 0.1) is 0 Å². The van der Waals surface area contributed by atoms with Crippen molar-refractivity contribution in [2.45, 2.75) is 26.2 Å². The maximum absolute atomic E-state index is 10.8. The molecule has 0 fully saturated rings. The Bertz CT molecular complexity index is 338. The monoisotopic (exact) mass is 203 g/mol. The van der Waals surface area contributed by atoms with Crippen molar-refractivity contribution >= 4 is 17.6 Å². The first-order chi connectivity index (χ1) is 5.84. The van der Waals surface area contributed by atoms with E-state index in [1.165, 1.54) is 0 Å². The highest BCUT2D eigenvalue weighted by Gasteiger charge is 2.29. The number of nitrogens with zero attached hydrogens (tertiary/aromatic N) is 1. The minimum absolute atomic E-state index is 0.0471. The number of aromatic carboxylic acids is 1. The Morgan fingerprint density at radius 2 is 2.08 bits per heavy atom. The lowest BCUT2D eigenvalue weighted by Crippen LogP contribution is -2.16. The lowest BCUT2D eigenvalue weighted by atomic mass is 9.90. The summed E-state index contributed by atoms with van der Waals surface area (Å²) in [6, 6.07) is 0. The molecule has 1 rings (SSSR count). The van der Waals surface area contributed by atoms with Crippen molar-refractivity contribution in [3.8, 4) is 0 Å². The summed E-state index contributed by atoms with van der Waals surface area (Å²) in [5.74, 6) is -1.11. The summed E-state index contributed by atoms with van der Waals surface area (Å²) in [7, 11) is 0. The summed E-state index contributed by atoms with van der Waals surface area (Å²) >= 11 is 5.54. The van der Waals surface area contributed by atoms with E-state index in [2.05, 4.69) is 9.68 Å². The molecule has 0 aliphatic heterocycles. The minimum atomic E-state index is -1.11. The van der Waals surface area contributed by atoms with Gasteiger partial charge in [0.25, 0.3) is 0 Å². The summed E-state index contributed by atoms with van der Waals surface area (Å²) < 4.78 is 4.62. The van der Waals surface area contributed by atoms with Gasteiger partial charge in [0.05, 0.1) is 0 Å². The number of hydrogen-bond donors (Lipinski definition) is 1. The smallest absolute Gasteiger partial charge is 0.342 e. The first-order valence-electron chi connectivity index (χ1n) is 3.73. The Kier molecular flexibility index (Phi) is 2.34. The molecule has 0 aliphatic rings. The van der Waals surface area contributed by atoms with Crippen LogP contribution in [0.15, 0.2) is 4.52 Å². The van der Waals surface area contributed by atoms with Crippen molar-refractivity contribution in [2.75, 3.05) is 0 Å². The van der Waals surface area contributed by atoms with E-state index in [0.717, 1.165) is 0 Å². The quantitative estimate of drug-likeness (QED) is 0.761. The molecule has 4 nitrogen and oxygen atoms in total. The van der Waals surface area contributed by atoms with Crippen LogP contribution in [0.1, 0.15) is 36.8 Å². The van der Waals surface area contributed by atoms with Gasteiger partial charge in [0.2, 0.25) is 5.22 Å². The van der Waals surface area contributed by atoms with Crippen LogP contribution >= 0.6 is 11.6 Å². The minimum Gasteiger partial charge on any atom is -0.477 e. The van der Waals surface area contributed by atoms with E-state index < -0.39 is 5.97 Å². The largest absolute Gasteiger partial charge is 0.477 e. The number of aromatic nitrogens is 1. The van der Waals surface area contributed by atoms with Gasteiger partial charge in [-0.25, -0.2) is 4.79 Å². The molecule has 0 spiro atoms. The molecular formula is C8H10ClNO3. The van der Waals surface area contributed by atoms with E-state index in [1.54, 1.807) is 0 Å². The molecule has 1 heterocycles. The molecule has 72 valence electrons. The predicted molar refractivity (Wildman–Crippen MR) is 47.2 cm³/mol. The van der Waals surface area contributed by atoms with Gasteiger partial charge in [0.1, 0.15) is 11.3 Å². The Morgan fingerprint density at radius 3 is 2.38 bits per heavy atom. The Labute approximate surface area is 80.5 Å². The highest BCUT2D eigenvalue weighted by atomic mass is 35.5. The van der Waals surface area contributed by atoms with Crippen molar-refractivity contribution in [1.82, 2.24) is 5.16 Å². The summed E-state index contributed by atoms with van der Waals surface area (Å²) in [5, 5.41) is 12.3. The molecule has 1 N–H and O–H groups in total. The van der Waals surface area contributed by atoms with Gasteiger partial charge < -0.3 is 9.63 Å². The summed E-state index contributed by atoms with van der Waals surface area (Å²) in [5.41, 5.74) is -0.0659. The summed E-state index contributed by atoms with van der Waals surface area (Å²) in [6.07, 6.45) is 0. The zero-order chi connectivity index (χ0) is 10.2. The van der Waals surface area contributed by atoms with Gasteiger partial charge in [-0.05, 0) is 11.6 Å². The number of halogens is 1. The molecule has 0 atom stereocenters. The van der Waals surface area contributed by atoms with Gasteiger partial charge in [-0.3, -0.25) is 0 Å². The van der Waals surface area contributed by atoms with Crippen molar-refractivity contribution in [1.29, 1.82) is 0 Å². The molecule has 0 aromatic carbocycles. The van der Waals surface area contributed by atoms with Crippen LogP contribution in [0.25, 0.3) is 0 Å². The van der Waals surface area contributed by atoms with Crippen molar-refractivity contribution in [3.63, 3.8) is 0 Å². The number of hydrogen-bond acceptors (Lipinski definition) is 3. The lowest BCUT2D eigenvalue weighted by Gasteiger charge is -2.14.